The van der Waals surface area contributed by atoms with Crippen LogP contribution in [-0.4, -0.2) is 27.3 Å². The Bertz CT molecular complexity index is 320. The smallest absolute Gasteiger partial charge is 0.211 e. The highest BCUT2D eigenvalue weighted by molar-refractivity contribution is 7.89. The van der Waals surface area contributed by atoms with E-state index in [9.17, 15) is 8.42 Å². The number of azide groups is 1. The van der Waals surface area contributed by atoms with Gasteiger partial charge in [0.25, 0.3) is 0 Å². The van der Waals surface area contributed by atoms with Crippen molar-refractivity contribution in [1.82, 2.24) is 4.72 Å². The van der Waals surface area contributed by atoms with Gasteiger partial charge in [-0.15, -0.1) is 0 Å². The van der Waals surface area contributed by atoms with Crippen molar-refractivity contribution in [1.29, 1.82) is 0 Å². The third-order valence-electron chi connectivity index (χ3n) is 2.03. The second-order valence-electron chi connectivity index (χ2n) is 4.06. The van der Waals surface area contributed by atoms with Crippen LogP contribution in [0.2, 0.25) is 0 Å². The van der Waals surface area contributed by atoms with Gasteiger partial charge in [0.05, 0.1) is 5.75 Å². The van der Waals surface area contributed by atoms with Crippen molar-refractivity contribution in [3.63, 3.8) is 0 Å². The molecular weight excluding hydrogens is 228 g/mol. The molecule has 94 valence electrons. The number of nitrogens with zero attached hydrogens (tertiary/aromatic N) is 3. The van der Waals surface area contributed by atoms with E-state index in [2.05, 4.69) is 14.7 Å². The molecule has 7 heteroatoms. The molecular formula is C9H20N4O2S. The average Bonchev–Trinajstić information content (AvgIpc) is 2.21. The lowest BCUT2D eigenvalue weighted by atomic mass is 10.2. The zero-order chi connectivity index (χ0) is 12.4. The van der Waals surface area contributed by atoms with E-state index in [0.717, 1.165) is 0 Å². The van der Waals surface area contributed by atoms with E-state index in [1.807, 2.05) is 13.8 Å². The second-order valence-corrected chi connectivity index (χ2v) is 5.98. The van der Waals surface area contributed by atoms with Crippen molar-refractivity contribution >= 4 is 10.0 Å². The average molecular weight is 248 g/mol. The Kier molecular flexibility index (Phi) is 7.97. The first kappa shape index (κ1) is 15.2. The SMILES string of the molecule is CC(C)CCS(=O)(=O)NCCCCN=[N+]=[N-]. The summed E-state index contributed by atoms with van der Waals surface area (Å²) in [5.74, 6) is 0.572. The second kappa shape index (κ2) is 8.38. The first-order valence-electron chi connectivity index (χ1n) is 5.46. The lowest BCUT2D eigenvalue weighted by Crippen LogP contribution is -2.28. The fraction of sp³-hybridized carbons (Fsp3) is 1.00. The lowest BCUT2D eigenvalue weighted by molar-refractivity contribution is 0.558. The van der Waals surface area contributed by atoms with Crippen molar-refractivity contribution in [2.45, 2.75) is 33.1 Å². The van der Waals surface area contributed by atoms with Crippen LogP contribution < -0.4 is 4.72 Å². The number of sulfonamides is 1. The Hall–Kier alpha value is -0.780. The Labute approximate surface area is 97.1 Å². The molecule has 0 amide bonds. The molecule has 0 aliphatic carbocycles. The normalized spacial score (nSPS) is 11.4. The molecule has 0 aliphatic heterocycles. The highest BCUT2D eigenvalue weighted by Crippen LogP contribution is 2.01. The van der Waals surface area contributed by atoms with Crippen LogP contribution in [0, 0.1) is 5.92 Å². The van der Waals surface area contributed by atoms with E-state index in [1.54, 1.807) is 0 Å². The molecule has 0 aromatic heterocycles. The van der Waals surface area contributed by atoms with Gasteiger partial charge in [0, 0.05) is 18.0 Å². The van der Waals surface area contributed by atoms with Gasteiger partial charge in [-0.2, -0.15) is 0 Å². The van der Waals surface area contributed by atoms with Gasteiger partial charge in [-0.25, -0.2) is 13.1 Å². The maximum Gasteiger partial charge on any atom is 0.211 e. The molecule has 0 aliphatic rings. The number of unbranched alkanes of at least 4 members (excludes halogenated alkanes) is 1. The largest absolute Gasteiger partial charge is 0.215 e. The third-order valence-corrected chi connectivity index (χ3v) is 3.45. The monoisotopic (exact) mass is 248 g/mol. The minimum Gasteiger partial charge on any atom is -0.215 e. The maximum atomic E-state index is 11.4. The van der Waals surface area contributed by atoms with Gasteiger partial charge in [-0.1, -0.05) is 19.0 Å². The van der Waals surface area contributed by atoms with E-state index < -0.39 is 10.0 Å². The van der Waals surface area contributed by atoms with Crippen LogP contribution in [0.4, 0.5) is 0 Å². The van der Waals surface area contributed by atoms with Crippen molar-refractivity contribution in [3.05, 3.63) is 10.4 Å². The summed E-state index contributed by atoms with van der Waals surface area (Å²) < 4.78 is 25.4. The molecule has 0 aromatic carbocycles. The number of hydrogen-bond donors (Lipinski definition) is 1. The van der Waals surface area contributed by atoms with E-state index in [-0.39, 0.29) is 5.75 Å². The molecule has 0 bridgehead atoms. The molecule has 0 unspecified atom stereocenters. The van der Waals surface area contributed by atoms with Gasteiger partial charge in [-0.3, -0.25) is 0 Å². The van der Waals surface area contributed by atoms with Crippen molar-refractivity contribution < 1.29 is 8.42 Å². The Morgan fingerprint density at radius 2 is 2.06 bits per heavy atom. The summed E-state index contributed by atoms with van der Waals surface area (Å²) in [6.45, 7) is 4.83. The van der Waals surface area contributed by atoms with Crippen LogP contribution >= 0.6 is 0 Å². The van der Waals surface area contributed by atoms with Crippen molar-refractivity contribution in [3.8, 4) is 0 Å². The fourth-order valence-electron chi connectivity index (χ4n) is 1.04. The predicted octanol–water partition coefficient (Wildman–Crippen LogP) is 2.04. The standard InChI is InChI=1S/C9H20N4O2S/c1-9(2)5-8-16(14,15)12-7-4-3-6-11-13-10/h9,12H,3-8H2,1-2H3. The van der Waals surface area contributed by atoms with Gasteiger partial charge < -0.3 is 0 Å². The molecule has 0 atom stereocenters. The maximum absolute atomic E-state index is 11.4. The van der Waals surface area contributed by atoms with Crippen LogP contribution in [0.1, 0.15) is 33.1 Å². The van der Waals surface area contributed by atoms with Crippen LogP contribution in [0.5, 0.6) is 0 Å². The molecule has 0 heterocycles. The summed E-state index contributed by atoms with van der Waals surface area (Å²) in [4.78, 5) is 2.62. The summed E-state index contributed by atoms with van der Waals surface area (Å²) in [5, 5.41) is 3.37. The fourth-order valence-corrected chi connectivity index (χ4v) is 2.42. The Morgan fingerprint density at radius 1 is 1.38 bits per heavy atom. The zero-order valence-corrected chi connectivity index (χ0v) is 10.7. The highest BCUT2D eigenvalue weighted by atomic mass is 32.2. The van der Waals surface area contributed by atoms with Crippen LogP contribution in [0.15, 0.2) is 5.11 Å². The minimum atomic E-state index is -3.12. The molecule has 6 nitrogen and oxygen atoms in total. The number of nitrogens with one attached hydrogen (secondary N) is 1. The summed E-state index contributed by atoms with van der Waals surface area (Å²) >= 11 is 0. The third kappa shape index (κ3) is 9.76. The molecule has 0 saturated heterocycles. The minimum absolute atomic E-state index is 0.182. The highest BCUT2D eigenvalue weighted by Gasteiger charge is 2.09. The van der Waals surface area contributed by atoms with Gasteiger partial charge in [0.15, 0.2) is 0 Å². The topological polar surface area (TPSA) is 94.9 Å². The van der Waals surface area contributed by atoms with Crippen LogP contribution in [-0.2, 0) is 10.0 Å². The molecule has 0 radical (unpaired) electrons. The molecule has 0 saturated carbocycles. The van der Waals surface area contributed by atoms with E-state index in [4.69, 9.17) is 5.53 Å². The van der Waals surface area contributed by atoms with E-state index in [0.29, 0.717) is 38.3 Å². The van der Waals surface area contributed by atoms with Gasteiger partial charge in [0.2, 0.25) is 10.0 Å². The molecule has 0 rings (SSSR count). The molecule has 0 fully saturated rings. The van der Waals surface area contributed by atoms with Crippen LogP contribution in [0.25, 0.3) is 10.4 Å². The number of rotatable bonds is 9. The summed E-state index contributed by atoms with van der Waals surface area (Å²) in [7, 11) is -3.12. The lowest BCUT2D eigenvalue weighted by Gasteiger charge is -2.07. The van der Waals surface area contributed by atoms with E-state index in [1.165, 1.54) is 0 Å². The van der Waals surface area contributed by atoms with E-state index >= 15 is 0 Å². The van der Waals surface area contributed by atoms with Gasteiger partial charge >= 0.3 is 0 Å². The predicted molar refractivity (Wildman–Crippen MR) is 64.5 cm³/mol. The summed E-state index contributed by atoms with van der Waals surface area (Å²) in [6, 6.07) is 0. The Morgan fingerprint density at radius 3 is 2.62 bits per heavy atom. The van der Waals surface area contributed by atoms with Crippen LogP contribution in [0.3, 0.4) is 0 Å². The molecule has 1 N–H and O–H groups in total. The van der Waals surface area contributed by atoms with Crippen molar-refractivity contribution in [2.24, 2.45) is 11.0 Å². The Balaban J connectivity index is 3.62. The zero-order valence-electron chi connectivity index (χ0n) is 9.89. The molecule has 16 heavy (non-hydrogen) atoms. The van der Waals surface area contributed by atoms with Crippen molar-refractivity contribution in [2.75, 3.05) is 18.8 Å². The summed E-state index contributed by atoms with van der Waals surface area (Å²) in [5.41, 5.74) is 8.02. The molecule has 0 aromatic rings. The summed E-state index contributed by atoms with van der Waals surface area (Å²) in [6.07, 6.45) is 2.07. The molecule has 0 spiro atoms. The first-order valence-corrected chi connectivity index (χ1v) is 7.11. The number of hydrogen-bond acceptors (Lipinski definition) is 3. The van der Waals surface area contributed by atoms with Gasteiger partial charge in [0.1, 0.15) is 0 Å². The quantitative estimate of drug-likeness (QED) is 0.292. The van der Waals surface area contributed by atoms with Gasteiger partial charge in [-0.05, 0) is 30.7 Å². The first-order chi connectivity index (χ1) is 7.48.